The van der Waals surface area contributed by atoms with Crippen molar-refractivity contribution in [2.45, 2.75) is 31.5 Å². The van der Waals surface area contributed by atoms with Crippen molar-refractivity contribution in [3.63, 3.8) is 0 Å². The summed E-state index contributed by atoms with van der Waals surface area (Å²) < 4.78 is 6.68. The number of carboxylic acids is 1. The van der Waals surface area contributed by atoms with Crippen LogP contribution in [-0.2, 0) is 9.53 Å². The van der Waals surface area contributed by atoms with E-state index in [0.717, 1.165) is 6.92 Å². The number of rotatable bonds is 3. The normalized spacial score (nSPS) is 24.4. The summed E-state index contributed by atoms with van der Waals surface area (Å²) in [6.45, 7) is 0.587. The molecule has 148 valence electrons. The molecule has 13 nitrogen and oxygen atoms in total. The summed E-state index contributed by atoms with van der Waals surface area (Å²) in [7, 11) is 0. The number of aromatic nitrogens is 3. The third kappa shape index (κ3) is 3.90. The second kappa shape index (κ2) is 7.71. The second-order valence-corrected chi connectivity index (χ2v) is 5.76. The van der Waals surface area contributed by atoms with Gasteiger partial charge in [0.25, 0.3) is 11.5 Å². The van der Waals surface area contributed by atoms with E-state index in [2.05, 4.69) is 9.97 Å². The molecule has 3 heterocycles. The van der Waals surface area contributed by atoms with Gasteiger partial charge in [0.1, 0.15) is 24.1 Å². The number of hydrogen-bond donors (Lipinski definition) is 8. The molecule has 3 rings (SSSR count). The zero-order valence-electron chi connectivity index (χ0n) is 14.2. The number of nitrogens with zero attached hydrogens (tertiary/aromatic N) is 2. The summed E-state index contributed by atoms with van der Waals surface area (Å²) in [5, 5.41) is 44.2. The molecule has 0 spiro atoms. The molecule has 0 amide bonds. The Morgan fingerprint density at radius 1 is 1.44 bits per heavy atom. The van der Waals surface area contributed by atoms with Gasteiger partial charge in [0, 0.05) is 18.7 Å². The molecular weight excluding hydrogens is 364 g/mol. The maximum absolute atomic E-state index is 12.1. The quantitative estimate of drug-likeness (QED) is 0.201. The number of anilines is 1. The number of H-pyrrole nitrogens is 1. The Morgan fingerprint density at radius 3 is 2.52 bits per heavy atom. The van der Waals surface area contributed by atoms with Gasteiger partial charge in [-0.1, -0.05) is 0 Å². The number of aliphatic carboxylic acids is 1. The Kier molecular flexibility index (Phi) is 5.80. The highest BCUT2D eigenvalue weighted by Gasteiger charge is 2.44. The first-order valence-corrected chi connectivity index (χ1v) is 7.65. The van der Waals surface area contributed by atoms with E-state index in [1.54, 1.807) is 0 Å². The average molecular weight is 384 g/mol. The molecule has 0 saturated carbocycles. The Morgan fingerprint density at radius 2 is 2.04 bits per heavy atom. The third-order valence-electron chi connectivity index (χ3n) is 3.78. The molecule has 0 unspecified atom stereocenters. The van der Waals surface area contributed by atoms with E-state index in [4.69, 9.17) is 36.6 Å². The lowest BCUT2D eigenvalue weighted by atomic mass is 10.1. The van der Waals surface area contributed by atoms with E-state index in [1.165, 1.54) is 10.8 Å². The fourth-order valence-corrected chi connectivity index (χ4v) is 2.68. The molecule has 1 aliphatic rings. The molecule has 1 saturated heterocycles. The number of aromatic amines is 1. The Hall–Kier alpha value is -3.00. The Balaban J connectivity index is 0.000000596. The van der Waals surface area contributed by atoms with Gasteiger partial charge in [-0.2, -0.15) is 4.98 Å². The van der Waals surface area contributed by atoms with Crippen molar-refractivity contribution in [3.05, 3.63) is 22.1 Å². The van der Waals surface area contributed by atoms with E-state index in [1.807, 2.05) is 0 Å². The number of hydrogen-bond acceptors (Lipinski definition) is 9. The molecule has 13 heteroatoms. The third-order valence-corrected chi connectivity index (χ3v) is 3.78. The van der Waals surface area contributed by atoms with Crippen LogP contribution in [0.3, 0.4) is 0 Å². The van der Waals surface area contributed by atoms with Gasteiger partial charge in [-0.25, -0.2) is 0 Å². The molecule has 4 atom stereocenters. The van der Waals surface area contributed by atoms with Crippen LogP contribution in [0.15, 0.2) is 11.0 Å². The van der Waals surface area contributed by atoms with Crippen LogP contribution in [0.5, 0.6) is 0 Å². The number of carbonyl (C=O) groups is 1. The molecule has 0 aromatic carbocycles. The predicted octanol–water partition coefficient (Wildman–Crippen LogP) is -2.71. The van der Waals surface area contributed by atoms with Crippen molar-refractivity contribution >= 4 is 28.8 Å². The van der Waals surface area contributed by atoms with Crippen molar-refractivity contribution in [3.8, 4) is 0 Å². The lowest BCUT2D eigenvalue weighted by Crippen LogP contribution is -2.33. The maximum atomic E-state index is 12.1. The van der Waals surface area contributed by atoms with Gasteiger partial charge in [-0.15, -0.1) is 0 Å². The van der Waals surface area contributed by atoms with Gasteiger partial charge < -0.3 is 41.2 Å². The van der Waals surface area contributed by atoms with Crippen LogP contribution >= 0.6 is 0 Å². The van der Waals surface area contributed by atoms with Crippen LogP contribution in [-0.4, -0.2) is 71.7 Å². The minimum absolute atomic E-state index is 0.0180. The van der Waals surface area contributed by atoms with Gasteiger partial charge in [0.2, 0.25) is 5.95 Å². The smallest absolute Gasteiger partial charge is 0.300 e. The first-order chi connectivity index (χ1) is 12.6. The van der Waals surface area contributed by atoms with Crippen LogP contribution in [0.25, 0.3) is 11.0 Å². The summed E-state index contributed by atoms with van der Waals surface area (Å²) in [4.78, 5) is 27.4. The van der Waals surface area contributed by atoms with E-state index in [9.17, 15) is 15.0 Å². The molecule has 0 bridgehead atoms. The fourth-order valence-electron chi connectivity index (χ4n) is 2.68. The van der Waals surface area contributed by atoms with Crippen molar-refractivity contribution in [2.75, 3.05) is 12.3 Å². The number of fused-ring (bicyclic) bond motifs is 1. The molecule has 1 aliphatic heterocycles. The van der Waals surface area contributed by atoms with Gasteiger partial charge >= 0.3 is 0 Å². The lowest BCUT2D eigenvalue weighted by molar-refractivity contribution is -0.134. The van der Waals surface area contributed by atoms with Gasteiger partial charge in [0.15, 0.2) is 11.9 Å². The molecule has 2 aromatic rings. The number of amidine groups is 1. The Bertz CT molecular complexity index is 919. The van der Waals surface area contributed by atoms with Gasteiger partial charge in [-0.3, -0.25) is 20.0 Å². The fraction of sp³-hybridized carbons (Fsp3) is 0.429. The number of nitrogens with one attached hydrogen (secondary N) is 2. The first kappa shape index (κ1) is 20.3. The summed E-state index contributed by atoms with van der Waals surface area (Å²) in [6, 6.07) is 0. The van der Waals surface area contributed by atoms with Crippen molar-refractivity contribution in [2.24, 2.45) is 5.73 Å². The number of aliphatic hydroxyl groups is 3. The van der Waals surface area contributed by atoms with Crippen LogP contribution in [0, 0.1) is 5.41 Å². The van der Waals surface area contributed by atoms with Crippen LogP contribution < -0.4 is 17.0 Å². The zero-order chi connectivity index (χ0) is 20.5. The Labute approximate surface area is 151 Å². The average Bonchev–Trinajstić information content (AvgIpc) is 3.06. The van der Waals surface area contributed by atoms with Crippen LogP contribution in [0.4, 0.5) is 5.95 Å². The van der Waals surface area contributed by atoms with Crippen molar-refractivity contribution in [1.82, 2.24) is 14.5 Å². The van der Waals surface area contributed by atoms with Crippen molar-refractivity contribution in [1.29, 1.82) is 5.41 Å². The topological polar surface area (TPSA) is 234 Å². The number of ether oxygens (including phenoxy) is 1. The summed E-state index contributed by atoms with van der Waals surface area (Å²) >= 11 is 0. The van der Waals surface area contributed by atoms with Gasteiger partial charge in [0.05, 0.1) is 12.0 Å². The van der Waals surface area contributed by atoms with Crippen LogP contribution in [0.2, 0.25) is 0 Å². The monoisotopic (exact) mass is 384 g/mol. The number of nitrogen functional groups attached to an aromatic ring is 2. The predicted molar refractivity (Wildman–Crippen MR) is 92.1 cm³/mol. The molecule has 0 aliphatic carbocycles. The zero-order valence-corrected chi connectivity index (χ0v) is 14.2. The highest BCUT2D eigenvalue weighted by atomic mass is 16.6. The van der Waals surface area contributed by atoms with E-state index in [-0.39, 0.29) is 28.4 Å². The number of carboxylic acid groups (broad SMARTS) is 1. The van der Waals surface area contributed by atoms with Crippen LogP contribution in [0.1, 0.15) is 18.7 Å². The minimum Gasteiger partial charge on any atom is -0.481 e. The van der Waals surface area contributed by atoms with E-state index in [0.29, 0.717) is 0 Å². The molecule has 1 fully saturated rings. The largest absolute Gasteiger partial charge is 0.481 e. The molecular formula is C14H20N6O7. The lowest BCUT2D eigenvalue weighted by Gasteiger charge is -2.17. The van der Waals surface area contributed by atoms with Gasteiger partial charge in [-0.05, 0) is 0 Å². The molecule has 10 N–H and O–H groups in total. The summed E-state index contributed by atoms with van der Waals surface area (Å²) in [6.07, 6.45) is -3.49. The second-order valence-electron chi connectivity index (χ2n) is 5.76. The van der Waals surface area contributed by atoms with E-state index >= 15 is 0 Å². The highest BCUT2D eigenvalue weighted by Crippen LogP contribution is 2.32. The summed E-state index contributed by atoms with van der Waals surface area (Å²) in [5.41, 5.74) is 10.6. The maximum Gasteiger partial charge on any atom is 0.300 e. The highest BCUT2D eigenvalue weighted by molar-refractivity contribution is 6.06. The number of aliphatic hydroxyl groups excluding tert-OH is 3. The summed E-state index contributed by atoms with van der Waals surface area (Å²) in [5.74, 6) is -1.37. The first-order valence-electron chi connectivity index (χ1n) is 7.65. The van der Waals surface area contributed by atoms with Crippen molar-refractivity contribution < 1.29 is 30.0 Å². The molecule has 2 aromatic heterocycles. The SMILES string of the molecule is CC(=O)O.N=C(N)c1cn([C@@H]2O[C@H](CO)[C@@H](O)[C@H]2O)c2nc(N)[nH]c(=O)c12. The standard InChI is InChI=1S/C12H16N6O5.C2H4O2/c13-8(14)3-1-18(9-5(3)10(22)17-12(15)16-9)11-7(21)6(20)4(2-19)23-11;1-2(3)4/h1,4,6-7,11,19-21H,2H2,(H3,13,14)(H3,15,16,17,22);1H3,(H,3,4)/t4-,6-,7-,11-;/m1./s1. The number of nitrogens with two attached hydrogens (primary N) is 2. The molecule has 0 radical (unpaired) electrons. The van der Waals surface area contributed by atoms with E-state index < -0.39 is 42.7 Å². The minimum atomic E-state index is -1.37. The molecule has 27 heavy (non-hydrogen) atoms.